The van der Waals surface area contributed by atoms with E-state index < -0.39 is 21.7 Å². The fourth-order valence-electron chi connectivity index (χ4n) is 3.13. The summed E-state index contributed by atoms with van der Waals surface area (Å²) in [6.07, 6.45) is 4.42. The van der Waals surface area contributed by atoms with Gasteiger partial charge in [0.25, 0.3) is 10.1 Å². The molecule has 5 N–H and O–H groups in total. The second-order valence-electron chi connectivity index (χ2n) is 6.87. The Morgan fingerprint density at radius 3 is 2.67 bits per heavy atom. The normalized spacial score (nSPS) is 16.3. The van der Waals surface area contributed by atoms with Crippen molar-refractivity contribution in [2.75, 3.05) is 23.7 Å². The number of anilines is 2. The highest BCUT2D eigenvalue weighted by Crippen LogP contribution is 2.23. The first kappa shape index (κ1) is 21.8. The van der Waals surface area contributed by atoms with E-state index in [0.717, 1.165) is 0 Å². The average Bonchev–Trinajstić information content (AvgIpc) is 3.11. The zero-order valence-corrected chi connectivity index (χ0v) is 17.1. The van der Waals surface area contributed by atoms with E-state index in [1.807, 2.05) is 0 Å². The van der Waals surface area contributed by atoms with Gasteiger partial charge in [-0.3, -0.25) is 14.9 Å². The molecule has 12 nitrogen and oxygen atoms in total. The number of aromatic nitrogens is 2. The number of carbonyl (C=O) groups is 1. The van der Waals surface area contributed by atoms with Gasteiger partial charge in [-0.25, -0.2) is 9.78 Å². The molecule has 1 aliphatic rings. The number of nitrogens with zero attached hydrogens (tertiary/aromatic N) is 3. The molecular formula is C17H24N6O6S. The molecule has 164 valence electrons. The van der Waals surface area contributed by atoms with E-state index in [4.69, 9.17) is 9.52 Å². The van der Waals surface area contributed by atoms with Crippen LogP contribution in [-0.2, 0) is 16.7 Å². The lowest BCUT2D eigenvalue weighted by Crippen LogP contribution is -2.52. The average molecular weight is 440 g/mol. The molecule has 1 aliphatic heterocycles. The Labute approximate surface area is 173 Å². The highest BCUT2D eigenvalue weighted by molar-refractivity contribution is 7.86. The summed E-state index contributed by atoms with van der Waals surface area (Å²) in [5, 5.41) is 17.8. The molecule has 0 radical (unpaired) electrons. The van der Waals surface area contributed by atoms with Gasteiger partial charge in [0.05, 0.1) is 30.3 Å². The van der Waals surface area contributed by atoms with E-state index in [-0.39, 0.29) is 19.1 Å². The summed E-state index contributed by atoms with van der Waals surface area (Å²) in [5.74, 6) is 1.12. The third kappa shape index (κ3) is 5.81. The summed E-state index contributed by atoms with van der Waals surface area (Å²) in [4.78, 5) is 20.3. The lowest BCUT2D eigenvalue weighted by molar-refractivity contribution is 0.128. The molecule has 3 heterocycles. The van der Waals surface area contributed by atoms with E-state index in [1.165, 1.54) is 17.3 Å². The van der Waals surface area contributed by atoms with Crippen molar-refractivity contribution >= 4 is 27.6 Å². The van der Waals surface area contributed by atoms with E-state index >= 15 is 0 Å². The Kier molecular flexibility index (Phi) is 6.74. The molecule has 2 aromatic rings. The lowest BCUT2D eigenvalue weighted by atomic mass is 10.1. The van der Waals surface area contributed by atoms with Gasteiger partial charge in [0.15, 0.2) is 5.89 Å². The largest absolute Gasteiger partial charge is 0.465 e. The fourth-order valence-corrected chi connectivity index (χ4v) is 3.77. The minimum atomic E-state index is -4.50. The fraction of sp³-hybridized carbons (Fsp3) is 0.471. The van der Waals surface area contributed by atoms with Crippen molar-refractivity contribution < 1.29 is 27.3 Å². The third-order valence-corrected chi connectivity index (χ3v) is 5.53. The van der Waals surface area contributed by atoms with Gasteiger partial charge < -0.3 is 25.1 Å². The molecule has 1 unspecified atom stereocenters. The maximum atomic E-state index is 11.9. The van der Waals surface area contributed by atoms with Crippen LogP contribution in [0.25, 0.3) is 0 Å². The molecule has 30 heavy (non-hydrogen) atoms. The Balaban J connectivity index is 1.67. The van der Waals surface area contributed by atoms with Crippen LogP contribution in [-0.4, -0.2) is 63.7 Å². The number of piperidine rings is 1. The Morgan fingerprint density at radius 2 is 2.07 bits per heavy atom. The monoisotopic (exact) mass is 440 g/mol. The maximum Gasteiger partial charge on any atom is 0.407 e. The molecule has 1 atom stereocenters. The molecule has 0 bridgehead atoms. The van der Waals surface area contributed by atoms with E-state index in [9.17, 15) is 17.8 Å². The van der Waals surface area contributed by atoms with E-state index in [1.54, 1.807) is 19.2 Å². The molecule has 2 aromatic heterocycles. The van der Waals surface area contributed by atoms with Crippen molar-refractivity contribution in [3.63, 3.8) is 0 Å². The highest BCUT2D eigenvalue weighted by atomic mass is 32.2. The van der Waals surface area contributed by atoms with Gasteiger partial charge in [-0.05, 0) is 18.9 Å². The first-order valence-electron chi connectivity index (χ1n) is 9.28. The van der Waals surface area contributed by atoms with Crippen LogP contribution in [0.1, 0.15) is 24.5 Å². The van der Waals surface area contributed by atoms with E-state index in [2.05, 4.69) is 25.9 Å². The highest BCUT2D eigenvalue weighted by Gasteiger charge is 2.29. The summed E-state index contributed by atoms with van der Waals surface area (Å²) in [6.45, 7) is 2.59. The van der Waals surface area contributed by atoms with Crippen LogP contribution in [0.5, 0.6) is 0 Å². The minimum absolute atomic E-state index is 0.282. The predicted octanol–water partition coefficient (Wildman–Crippen LogP) is 1.31. The number of likely N-dealkylation sites (tertiary alicyclic amines) is 1. The predicted molar refractivity (Wildman–Crippen MR) is 108 cm³/mol. The third-order valence-electron chi connectivity index (χ3n) is 4.68. The van der Waals surface area contributed by atoms with Crippen LogP contribution in [0, 0.1) is 6.92 Å². The van der Waals surface area contributed by atoms with Crippen LogP contribution in [0.2, 0.25) is 0 Å². The molecule has 1 amide bonds. The van der Waals surface area contributed by atoms with E-state index in [0.29, 0.717) is 42.4 Å². The van der Waals surface area contributed by atoms with Crippen LogP contribution in [0.4, 0.5) is 16.2 Å². The van der Waals surface area contributed by atoms with Crippen LogP contribution < -0.4 is 16.0 Å². The molecular weight excluding hydrogens is 416 g/mol. The SMILES string of the molecule is Cc1ncc(CNc2cnccc2NC(NC2CCN(C(=O)O)CC2)S(=O)(=O)O)o1. The maximum absolute atomic E-state index is 11.9. The Bertz CT molecular complexity index is 973. The summed E-state index contributed by atoms with van der Waals surface area (Å²) in [6, 6.07) is 1.29. The van der Waals surface area contributed by atoms with Crippen molar-refractivity contribution in [3.05, 3.63) is 36.3 Å². The summed E-state index contributed by atoms with van der Waals surface area (Å²) in [7, 11) is -4.50. The standard InChI is InChI=1S/C17H24N6O6S/c1-11-19-8-13(29-11)9-20-15-10-18-5-2-14(15)22-16(30(26,27)28)21-12-3-6-23(7-4-12)17(24)25/h2,5,8,10,12,16,20-21H,3-4,6-7,9H2,1H3,(H,18,22)(H,24,25)(H,26,27,28). The number of pyridine rings is 1. The smallest absolute Gasteiger partial charge is 0.407 e. The van der Waals surface area contributed by atoms with Gasteiger partial charge in [-0.15, -0.1) is 0 Å². The van der Waals surface area contributed by atoms with Crippen LogP contribution in [0.15, 0.2) is 29.1 Å². The number of hydrogen-bond acceptors (Lipinski definition) is 9. The zero-order chi connectivity index (χ0) is 21.7. The Hall–Kier alpha value is -2.90. The van der Waals surface area contributed by atoms with Gasteiger partial charge in [-0.1, -0.05) is 0 Å². The molecule has 0 aliphatic carbocycles. The summed E-state index contributed by atoms with van der Waals surface area (Å²) in [5.41, 5.74) is -0.573. The molecule has 3 rings (SSSR count). The second-order valence-corrected chi connectivity index (χ2v) is 8.37. The number of rotatable bonds is 8. The quantitative estimate of drug-likeness (QED) is 0.296. The number of carboxylic acid groups (broad SMARTS) is 1. The minimum Gasteiger partial charge on any atom is -0.465 e. The van der Waals surface area contributed by atoms with Crippen molar-refractivity contribution in [3.8, 4) is 0 Å². The number of aryl methyl sites for hydroxylation is 1. The van der Waals surface area contributed by atoms with Gasteiger partial charge in [0.2, 0.25) is 5.50 Å². The zero-order valence-electron chi connectivity index (χ0n) is 16.3. The second kappa shape index (κ2) is 9.28. The topological polar surface area (TPSA) is 170 Å². The Morgan fingerprint density at radius 1 is 1.33 bits per heavy atom. The molecule has 1 fully saturated rings. The lowest BCUT2D eigenvalue weighted by Gasteiger charge is -2.32. The van der Waals surface area contributed by atoms with Gasteiger partial charge in [-0.2, -0.15) is 8.42 Å². The molecule has 0 spiro atoms. The summed E-state index contributed by atoms with van der Waals surface area (Å²) < 4.78 is 39.0. The molecule has 13 heteroatoms. The molecule has 0 aromatic carbocycles. The van der Waals surface area contributed by atoms with Gasteiger partial charge >= 0.3 is 6.09 Å². The molecule has 0 saturated carbocycles. The number of amides is 1. The number of hydrogen-bond donors (Lipinski definition) is 5. The van der Waals surface area contributed by atoms with Crippen LogP contribution in [0.3, 0.4) is 0 Å². The van der Waals surface area contributed by atoms with Crippen molar-refractivity contribution in [1.82, 2.24) is 20.2 Å². The molecule has 1 saturated heterocycles. The van der Waals surface area contributed by atoms with Crippen LogP contribution >= 0.6 is 0 Å². The number of oxazole rings is 1. The van der Waals surface area contributed by atoms with Crippen molar-refractivity contribution in [1.29, 1.82) is 0 Å². The van der Waals surface area contributed by atoms with Crippen molar-refractivity contribution in [2.24, 2.45) is 0 Å². The van der Waals surface area contributed by atoms with Gasteiger partial charge in [0.1, 0.15) is 5.76 Å². The first-order chi connectivity index (χ1) is 14.2. The first-order valence-corrected chi connectivity index (χ1v) is 10.8. The van der Waals surface area contributed by atoms with Gasteiger partial charge in [0, 0.05) is 32.3 Å². The summed E-state index contributed by atoms with van der Waals surface area (Å²) >= 11 is 0. The van der Waals surface area contributed by atoms with Crippen molar-refractivity contribution in [2.45, 2.75) is 37.8 Å². The number of nitrogens with one attached hydrogen (secondary N) is 3.